The minimum atomic E-state index is -1.19. The third kappa shape index (κ3) is 2.40. The van der Waals surface area contributed by atoms with Crippen molar-refractivity contribution in [3.63, 3.8) is 0 Å². The third-order valence-electron chi connectivity index (χ3n) is 1.64. The smallest absolute Gasteiger partial charge is 0.182 e. The second-order valence-corrected chi connectivity index (χ2v) is 2.41. The molecule has 0 aliphatic rings. The van der Waals surface area contributed by atoms with Crippen LogP contribution in [0.4, 0.5) is 18.9 Å². The summed E-state index contributed by atoms with van der Waals surface area (Å²) >= 11 is 0. The number of rotatable bonds is 1. The first kappa shape index (κ1) is 12.8. The fourth-order valence-corrected chi connectivity index (χ4v) is 0.975. The molecule has 0 fully saturated rings. The highest BCUT2D eigenvalue weighted by molar-refractivity contribution is 5.43. The van der Waals surface area contributed by atoms with Gasteiger partial charge in [0.25, 0.3) is 0 Å². The normalized spacial score (nSPS) is 9.29. The first-order valence-corrected chi connectivity index (χ1v) is 4.49. The van der Waals surface area contributed by atoms with Gasteiger partial charge in [-0.2, -0.15) is 0 Å². The summed E-state index contributed by atoms with van der Waals surface area (Å²) in [7, 11) is 0. The second-order valence-electron chi connectivity index (χ2n) is 2.41. The predicted molar refractivity (Wildman–Crippen MR) is 51.5 cm³/mol. The molecule has 1 aromatic carbocycles. The van der Waals surface area contributed by atoms with Gasteiger partial charge >= 0.3 is 0 Å². The minimum absolute atomic E-state index is 0.106. The fourth-order valence-electron chi connectivity index (χ4n) is 0.975. The van der Waals surface area contributed by atoms with Crippen LogP contribution in [0.1, 0.15) is 26.3 Å². The molecule has 0 spiro atoms. The maximum Gasteiger partial charge on any atom is 0.182 e. The Hall–Kier alpha value is -1.19. The maximum absolute atomic E-state index is 12.8. The summed E-state index contributed by atoms with van der Waals surface area (Å²) in [5.74, 6) is -3.16. The van der Waals surface area contributed by atoms with Crippen molar-refractivity contribution in [1.82, 2.24) is 0 Å². The van der Waals surface area contributed by atoms with E-state index in [9.17, 15) is 13.2 Å². The molecule has 0 bridgehead atoms. The van der Waals surface area contributed by atoms with E-state index in [1.807, 2.05) is 13.8 Å². The van der Waals surface area contributed by atoms with Gasteiger partial charge < -0.3 is 5.73 Å². The third-order valence-corrected chi connectivity index (χ3v) is 1.64. The van der Waals surface area contributed by atoms with Crippen molar-refractivity contribution in [3.8, 4) is 0 Å². The molecule has 4 heteroatoms. The highest BCUT2D eigenvalue weighted by Crippen LogP contribution is 2.21. The van der Waals surface area contributed by atoms with Crippen LogP contribution < -0.4 is 5.73 Å². The van der Waals surface area contributed by atoms with E-state index in [0.717, 1.165) is 6.07 Å². The molecule has 0 saturated heterocycles. The molecule has 0 saturated carbocycles. The average Bonchev–Trinajstić information content (AvgIpc) is 2.18. The molecule has 1 nitrogen and oxygen atoms in total. The number of benzene rings is 1. The molecule has 0 aromatic heterocycles. The highest BCUT2D eigenvalue weighted by Gasteiger charge is 2.15. The van der Waals surface area contributed by atoms with E-state index in [4.69, 9.17) is 5.73 Å². The molecule has 0 radical (unpaired) electrons. The Balaban J connectivity index is 0.000000791. The van der Waals surface area contributed by atoms with E-state index in [0.29, 0.717) is 0 Å². The lowest BCUT2D eigenvalue weighted by Gasteiger charge is -2.04. The number of halogens is 3. The van der Waals surface area contributed by atoms with Crippen LogP contribution in [0.25, 0.3) is 0 Å². The zero-order valence-electron chi connectivity index (χ0n) is 8.50. The molecule has 2 N–H and O–H groups in total. The molecule has 0 aliphatic heterocycles. The average molecular weight is 205 g/mol. The van der Waals surface area contributed by atoms with Crippen LogP contribution in [-0.4, -0.2) is 0 Å². The number of hydrogen-bond acceptors (Lipinski definition) is 1. The Morgan fingerprint density at radius 2 is 1.64 bits per heavy atom. The number of nitrogens with two attached hydrogens (primary N) is 1. The van der Waals surface area contributed by atoms with Gasteiger partial charge in [-0.15, -0.1) is 0 Å². The Bertz CT molecular complexity index is 311. The van der Waals surface area contributed by atoms with Gasteiger partial charge in [-0.25, -0.2) is 13.2 Å². The molecular formula is C10H14F3N. The van der Waals surface area contributed by atoms with Gasteiger partial charge in [-0.05, 0) is 6.42 Å². The lowest BCUT2D eigenvalue weighted by molar-refractivity contribution is 0.484. The number of anilines is 1. The summed E-state index contributed by atoms with van der Waals surface area (Å²) in [6.07, 6.45) is 0.106. The zero-order chi connectivity index (χ0) is 11.3. The highest BCUT2D eigenvalue weighted by atomic mass is 19.2. The molecule has 0 amide bonds. The van der Waals surface area contributed by atoms with Crippen LogP contribution in [0.15, 0.2) is 6.07 Å². The SMILES string of the molecule is CC.CCc1c(F)cc(N)c(F)c1F. The lowest BCUT2D eigenvalue weighted by Crippen LogP contribution is -2.02. The van der Waals surface area contributed by atoms with Crippen LogP contribution in [-0.2, 0) is 6.42 Å². The molecule has 0 aliphatic carbocycles. The molecule has 1 aromatic rings. The van der Waals surface area contributed by atoms with E-state index < -0.39 is 23.1 Å². The van der Waals surface area contributed by atoms with Gasteiger partial charge in [-0.3, -0.25) is 0 Å². The van der Waals surface area contributed by atoms with Crippen molar-refractivity contribution in [2.45, 2.75) is 27.2 Å². The minimum Gasteiger partial charge on any atom is -0.396 e. The van der Waals surface area contributed by atoms with Crippen molar-refractivity contribution in [3.05, 3.63) is 29.1 Å². The van der Waals surface area contributed by atoms with E-state index in [1.165, 1.54) is 6.92 Å². The van der Waals surface area contributed by atoms with Gasteiger partial charge in [0.05, 0.1) is 5.69 Å². The first-order chi connectivity index (χ1) is 6.57. The summed E-state index contributed by atoms with van der Waals surface area (Å²) in [6, 6.07) is 0.789. The molecule has 0 unspecified atom stereocenters. The van der Waals surface area contributed by atoms with Crippen molar-refractivity contribution < 1.29 is 13.2 Å². The van der Waals surface area contributed by atoms with Gasteiger partial charge in [0, 0.05) is 11.6 Å². The summed E-state index contributed by atoms with van der Waals surface area (Å²) in [6.45, 7) is 5.54. The van der Waals surface area contributed by atoms with Gasteiger partial charge in [-0.1, -0.05) is 20.8 Å². The van der Waals surface area contributed by atoms with E-state index in [1.54, 1.807) is 0 Å². The topological polar surface area (TPSA) is 26.0 Å². The molecule has 80 valence electrons. The predicted octanol–water partition coefficient (Wildman–Crippen LogP) is 3.27. The summed E-state index contributed by atoms with van der Waals surface area (Å²) in [5, 5.41) is 0. The van der Waals surface area contributed by atoms with Crippen molar-refractivity contribution in [2.75, 3.05) is 5.73 Å². The Morgan fingerprint density at radius 1 is 1.14 bits per heavy atom. The Morgan fingerprint density at radius 3 is 2.07 bits per heavy atom. The van der Waals surface area contributed by atoms with E-state index >= 15 is 0 Å². The first-order valence-electron chi connectivity index (χ1n) is 4.49. The van der Waals surface area contributed by atoms with Gasteiger partial charge in [0.2, 0.25) is 0 Å². The van der Waals surface area contributed by atoms with Crippen LogP contribution in [0, 0.1) is 17.5 Å². The van der Waals surface area contributed by atoms with E-state index in [2.05, 4.69) is 0 Å². The lowest BCUT2D eigenvalue weighted by atomic mass is 10.1. The summed E-state index contributed by atoms with van der Waals surface area (Å²) in [4.78, 5) is 0. The fraction of sp³-hybridized carbons (Fsp3) is 0.400. The van der Waals surface area contributed by atoms with Crippen LogP contribution >= 0.6 is 0 Å². The molecule has 14 heavy (non-hydrogen) atoms. The standard InChI is InChI=1S/C8H8F3N.C2H6/c1-2-4-5(9)3-6(12)8(11)7(4)10;1-2/h3H,2,12H2,1H3;1-2H3. The molecule has 1 rings (SSSR count). The molecule has 0 atom stereocenters. The van der Waals surface area contributed by atoms with E-state index in [-0.39, 0.29) is 12.0 Å². The second kappa shape index (κ2) is 5.52. The molecular weight excluding hydrogens is 191 g/mol. The van der Waals surface area contributed by atoms with Crippen molar-refractivity contribution in [2.24, 2.45) is 0 Å². The number of hydrogen-bond donors (Lipinski definition) is 1. The Labute approximate surface area is 81.7 Å². The van der Waals surface area contributed by atoms with Gasteiger partial charge in [0.15, 0.2) is 11.6 Å². The Kier molecular flexibility index (Phi) is 5.05. The van der Waals surface area contributed by atoms with Crippen LogP contribution in [0.2, 0.25) is 0 Å². The van der Waals surface area contributed by atoms with Gasteiger partial charge in [0.1, 0.15) is 5.82 Å². The summed E-state index contributed by atoms with van der Waals surface area (Å²) in [5.41, 5.74) is 4.23. The molecule has 0 heterocycles. The van der Waals surface area contributed by atoms with Crippen LogP contribution in [0.5, 0.6) is 0 Å². The number of nitrogen functional groups attached to an aromatic ring is 1. The quantitative estimate of drug-likeness (QED) is 0.552. The maximum atomic E-state index is 12.8. The largest absolute Gasteiger partial charge is 0.396 e. The van der Waals surface area contributed by atoms with Crippen molar-refractivity contribution >= 4 is 5.69 Å². The zero-order valence-corrected chi connectivity index (χ0v) is 8.50. The van der Waals surface area contributed by atoms with Crippen molar-refractivity contribution in [1.29, 1.82) is 0 Å². The monoisotopic (exact) mass is 205 g/mol. The summed E-state index contributed by atoms with van der Waals surface area (Å²) < 4.78 is 38.3. The van der Waals surface area contributed by atoms with Crippen LogP contribution in [0.3, 0.4) is 0 Å².